The molecule has 1 saturated carbocycles. The van der Waals surface area contributed by atoms with Gasteiger partial charge in [-0.3, -0.25) is 4.79 Å². The van der Waals surface area contributed by atoms with Crippen molar-refractivity contribution in [1.29, 1.82) is 0 Å². The number of hydrogen-bond donors (Lipinski definition) is 3. The van der Waals surface area contributed by atoms with Gasteiger partial charge in [-0.1, -0.05) is 18.2 Å². The molecule has 0 radical (unpaired) electrons. The molecule has 0 bridgehead atoms. The molecule has 1 heterocycles. The van der Waals surface area contributed by atoms with Crippen molar-refractivity contribution in [2.24, 2.45) is 0 Å². The van der Waals surface area contributed by atoms with Crippen molar-refractivity contribution in [1.82, 2.24) is 20.3 Å². The lowest BCUT2D eigenvalue weighted by molar-refractivity contribution is -0.114. The molecule has 0 atom stereocenters. The number of hydrogen-bond acceptors (Lipinski definition) is 8. The molecular weight excluding hydrogens is 463 g/mol. The molecule has 36 heavy (non-hydrogen) atoms. The van der Waals surface area contributed by atoms with E-state index in [4.69, 9.17) is 9.47 Å². The molecule has 1 amide bonds. The van der Waals surface area contributed by atoms with E-state index in [9.17, 15) is 9.18 Å². The van der Waals surface area contributed by atoms with Gasteiger partial charge < -0.3 is 25.4 Å². The van der Waals surface area contributed by atoms with Crippen LogP contribution in [0, 0.1) is 6.92 Å². The van der Waals surface area contributed by atoms with Crippen LogP contribution in [0.2, 0.25) is 0 Å². The Morgan fingerprint density at radius 1 is 1.06 bits per heavy atom. The number of carbonyl (C=O) groups excluding carboxylic acids is 1. The highest BCUT2D eigenvalue weighted by molar-refractivity contribution is 5.90. The SMILES string of the molecule is CC(=O)Nc1cccc(Nc2ncnc(OC3CCC(NCc4ccc(OCF)cc4)CC3)n2)c1C. The van der Waals surface area contributed by atoms with Gasteiger partial charge in [0.2, 0.25) is 18.7 Å². The third kappa shape index (κ3) is 7.11. The number of nitrogens with one attached hydrogen (secondary N) is 3. The molecule has 4 rings (SSSR count). The van der Waals surface area contributed by atoms with Crippen LogP contribution in [-0.2, 0) is 11.3 Å². The molecule has 2 aromatic carbocycles. The lowest BCUT2D eigenvalue weighted by Crippen LogP contribution is -2.36. The van der Waals surface area contributed by atoms with Crippen molar-refractivity contribution in [2.45, 2.75) is 58.2 Å². The Morgan fingerprint density at radius 3 is 2.53 bits per heavy atom. The lowest BCUT2D eigenvalue weighted by atomic mass is 9.93. The Morgan fingerprint density at radius 2 is 1.81 bits per heavy atom. The third-order valence-electron chi connectivity index (χ3n) is 6.13. The summed E-state index contributed by atoms with van der Waals surface area (Å²) in [6.07, 6.45) is 5.23. The molecule has 9 nitrogen and oxygen atoms in total. The standard InChI is InChI=1S/C26H31FN6O3/c1-17-23(31-18(2)34)4-3-5-24(17)32-25-29-16-30-26(33-25)36-22-12-8-20(9-13-22)28-14-19-6-10-21(11-7-19)35-15-27/h3-7,10-11,16,20,22,28H,8-9,12-15H2,1-2H3,(H,31,34)(H,29,30,32,33). The van der Waals surface area contributed by atoms with Gasteiger partial charge in [0, 0.05) is 30.9 Å². The van der Waals surface area contributed by atoms with E-state index in [2.05, 4.69) is 30.9 Å². The fourth-order valence-electron chi connectivity index (χ4n) is 4.18. The van der Waals surface area contributed by atoms with Crippen molar-refractivity contribution < 1.29 is 18.7 Å². The molecule has 1 aliphatic carbocycles. The van der Waals surface area contributed by atoms with E-state index in [1.807, 2.05) is 37.3 Å². The topological polar surface area (TPSA) is 110 Å². The van der Waals surface area contributed by atoms with Gasteiger partial charge >= 0.3 is 6.01 Å². The second kappa shape index (κ2) is 12.3. The van der Waals surface area contributed by atoms with Crippen LogP contribution in [0.5, 0.6) is 11.8 Å². The van der Waals surface area contributed by atoms with Crippen molar-refractivity contribution in [3.05, 3.63) is 59.9 Å². The molecule has 0 spiro atoms. The quantitative estimate of drug-likeness (QED) is 0.373. The first-order chi connectivity index (χ1) is 17.5. The Labute approximate surface area is 209 Å². The van der Waals surface area contributed by atoms with Crippen molar-refractivity contribution >= 4 is 23.2 Å². The number of rotatable bonds is 10. The predicted molar refractivity (Wildman–Crippen MR) is 135 cm³/mol. The van der Waals surface area contributed by atoms with E-state index in [1.165, 1.54) is 13.3 Å². The molecule has 0 unspecified atom stereocenters. The fraction of sp³-hybridized carbons (Fsp3) is 0.385. The second-order valence-electron chi connectivity index (χ2n) is 8.75. The van der Waals surface area contributed by atoms with Crippen molar-refractivity contribution in [2.75, 3.05) is 17.5 Å². The molecule has 1 fully saturated rings. The van der Waals surface area contributed by atoms with E-state index in [0.29, 0.717) is 17.7 Å². The largest absolute Gasteiger partial charge is 0.463 e. The first-order valence-electron chi connectivity index (χ1n) is 12.0. The number of amides is 1. The maximum Gasteiger partial charge on any atom is 0.321 e. The summed E-state index contributed by atoms with van der Waals surface area (Å²) in [6.45, 7) is 3.31. The van der Waals surface area contributed by atoms with Gasteiger partial charge in [0.25, 0.3) is 0 Å². The van der Waals surface area contributed by atoms with E-state index >= 15 is 0 Å². The van der Waals surface area contributed by atoms with Crippen LogP contribution in [0.25, 0.3) is 0 Å². The highest BCUT2D eigenvalue weighted by Crippen LogP contribution is 2.26. The normalized spacial score (nSPS) is 17.3. The average molecular weight is 495 g/mol. The zero-order chi connectivity index (χ0) is 25.3. The average Bonchev–Trinajstić information content (AvgIpc) is 2.87. The van der Waals surface area contributed by atoms with Crippen molar-refractivity contribution in [3.63, 3.8) is 0 Å². The van der Waals surface area contributed by atoms with Crippen molar-refractivity contribution in [3.8, 4) is 11.8 Å². The Balaban J connectivity index is 1.26. The lowest BCUT2D eigenvalue weighted by Gasteiger charge is -2.29. The van der Waals surface area contributed by atoms with Gasteiger partial charge in [-0.2, -0.15) is 9.97 Å². The van der Waals surface area contributed by atoms with Gasteiger partial charge in [-0.05, 0) is 68.0 Å². The Hall–Kier alpha value is -3.79. The van der Waals surface area contributed by atoms with Gasteiger partial charge in [0.15, 0.2) is 0 Å². The Bertz CT molecular complexity index is 1150. The summed E-state index contributed by atoms with van der Waals surface area (Å²) in [7, 11) is 0. The van der Waals surface area contributed by atoms with E-state index in [0.717, 1.165) is 54.7 Å². The zero-order valence-electron chi connectivity index (χ0n) is 20.5. The van der Waals surface area contributed by atoms with Gasteiger partial charge in [-0.25, -0.2) is 9.37 Å². The van der Waals surface area contributed by atoms with Crippen LogP contribution in [0.4, 0.5) is 21.7 Å². The number of halogens is 1. The number of carbonyl (C=O) groups is 1. The summed E-state index contributed by atoms with van der Waals surface area (Å²) >= 11 is 0. The number of aromatic nitrogens is 3. The van der Waals surface area contributed by atoms with Crippen LogP contribution in [0.15, 0.2) is 48.8 Å². The van der Waals surface area contributed by atoms with Gasteiger partial charge in [0.1, 0.15) is 18.2 Å². The van der Waals surface area contributed by atoms with Gasteiger partial charge in [-0.15, -0.1) is 0 Å². The predicted octanol–water partition coefficient (Wildman–Crippen LogP) is 4.67. The number of ether oxygens (including phenoxy) is 2. The molecule has 3 N–H and O–H groups in total. The number of alkyl halides is 1. The van der Waals surface area contributed by atoms with Crippen LogP contribution in [0.3, 0.4) is 0 Å². The zero-order valence-corrected chi connectivity index (χ0v) is 20.5. The number of benzene rings is 2. The maximum absolute atomic E-state index is 12.2. The summed E-state index contributed by atoms with van der Waals surface area (Å²) in [5.41, 5.74) is 3.52. The minimum Gasteiger partial charge on any atom is -0.463 e. The van der Waals surface area contributed by atoms with E-state index < -0.39 is 6.86 Å². The van der Waals surface area contributed by atoms with Crippen LogP contribution < -0.4 is 25.4 Å². The highest BCUT2D eigenvalue weighted by Gasteiger charge is 2.23. The molecule has 10 heteroatoms. The second-order valence-corrected chi connectivity index (χ2v) is 8.75. The first kappa shape index (κ1) is 25.3. The smallest absolute Gasteiger partial charge is 0.321 e. The Kier molecular flexibility index (Phi) is 8.62. The molecule has 0 aliphatic heterocycles. The molecule has 190 valence electrons. The first-order valence-corrected chi connectivity index (χ1v) is 12.0. The molecule has 1 aliphatic rings. The third-order valence-corrected chi connectivity index (χ3v) is 6.13. The molecule has 3 aromatic rings. The van der Waals surface area contributed by atoms with Crippen LogP contribution in [0.1, 0.15) is 43.7 Å². The molecule has 1 aromatic heterocycles. The van der Waals surface area contributed by atoms with Gasteiger partial charge in [0.05, 0.1) is 0 Å². The van der Waals surface area contributed by atoms with E-state index in [-0.39, 0.29) is 18.0 Å². The summed E-state index contributed by atoms with van der Waals surface area (Å²) in [6, 6.07) is 13.7. The fourth-order valence-corrected chi connectivity index (χ4v) is 4.18. The summed E-state index contributed by atoms with van der Waals surface area (Å²) < 4.78 is 23.1. The van der Waals surface area contributed by atoms with Crippen LogP contribution >= 0.6 is 0 Å². The minimum atomic E-state index is -0.821. The molecule has 0 saturated heterocycles. The highest BCUT2D eigenvalue weighted by atomic mass is 19.1. The summed E-state index contributed by atoms with van der Waals surface area (Å²) in [4.78, 5) is 24.2. The summed E-state index contributed by atoms with van der Waals surface area (Å²) in [5.74, 6) is 0.778. The number of nitrogens with zero attached hydrogens (tertiary/aromatic N) is 3. The summed E-state index contributed by atoms with van der Waals surface area (Å²) in [5, 5.41) is 9.58. The van der Waals surface area contributed by atoms with Crippen LogP contribution in [-0.4, -0.2) is 39.9 Å². The molecular formula is C26H31FN6O3. The number of anilines is 3. The maximum atomic E-state index is 12.2. The van der Waals surface area contributed by atoms with E-state index in [1.54, 1.807) is 12.1 Å². The minimum absolute atomic E-state index is 0.0419. The monoisotopic (exact) mass is 494 g/mol.